The van der Waals surface area contributed by atoms with Gasteiger partial charge in [0.15, 0.2) is 0 Å². The standard InChI is InChI=1S/C12H17NO2/c1-8(2)7-10(12(14)15)11-6-4-5-9(3)13-11/h4-6,8,10H,7H2,1-3H3,(H,14,15). The van der Waals surface area contributed by atoms with Gasteiger partial charge in [0.05, 0.1) is 11.6 Å². The van der Waals surface area contributed by atoms with Gasteiger partial charge in [-0.05, 0) is 31.4 Å². The SMILES string of the molecule is Cc1cccc(C(CC(C)C)C(=O)O)n1. The fourth-order valence-electron chi connectivity index (χ4n) is 1.58. The Morgan fingerprint density at radius 3 is 2.60 bits per heavy atom. The number of nitrogens with zero attached hydrogens (tertiary/aromatic N) is 1. The van der Waals surface area contributed by atoms with E-state index in [0.717, 1.165) is 5.69 Å². The molecule has 15 heavy (non-hydrogen) atoms. The summed E-state index contributed by atoms with van der Waals surface area (Å²) in [4.78, 5) is 15.4. The summed E-state index contributed by atoms with van der Waals surface area (Å²) in [5.74, 6) is -0.917. The van der Waals surface area contributed by atoms with Crippen LogP contribution in [0.3, 0.4) is 0 Å². The molecule has 1 heterocycles. The van der Waals surface area contributed by atoms with Gasteiger partial charge in [-0.15, -0.1) is 0 Å². The first-order chi connectivity index (χ1) is 7.00. The number of carboxylic acid groups (broad SMARTS) is 1. The van der Waals surface area contributed by atoms with E-state index in [2.05, 4.69) is 4.98 Å². The lowest BCUT2D eigenvalue weighted by Gasteiger charge is -2.14. The molecule has 1 aromatic rings. The second-order valence-corrected chi connectivity index (χ2v) is 4.22. The number of carbonyl (C=O) groups is 1. The molecule has 1 aromatic heterocycles. The minimum absolute atomic E-state index is 0.355. The third kappa shape index (κ3) is 3.35. The van der Waals surface area contributed by atoms with Crippen LogP contribution in [0.25, 0.3) is 0 Å². The van der Waals surface area contributed by atoms with Gasteiger partial charge >= 0.3 is 5.97 Å². The normalized spacial score (nSPS) is 12.8. The van der Waals surface area contributed by atoms with E-state index < -0.39 is 11.9 Å². The Hall–Kier alpha value is -1.38. The molecule has 0 spiro atoms. The van der Waals surface area contributed by atoms with E-state index in [9.17, 15) is 4.79 Å². The van der Waals surface area contributed by atoms with Crippen molar-refractivity contribution >= 4 is 5.97 Å². The lowest BCUT2D eigenvalue weighted by Crippen LogP contribution is -2.15. The van der Waals surface area contributed by atoms with E-state index in [1.807, 2.05) is 32.9 Å². The van der Waals surface area contributed by atoms with Gasteiger partial charge in [-0.3, -0.25) is 9.78 Å². The van der Waals surface area contributed by atoms with Crippen molar-refractivity contribution in [1.29, 1.82) is 0 Å². The molecule has 3 nitrogen and oxygen atoms in total. The molecule has 0 amide bonds. The second-order valence-electron chi connectivity index (χ2n) is 4.22. The lowest BCUT2D eigenvalue weighted by atomic mass is 9.94. The van der Waals surface area contributed by atoms with Crippen molar-refractivity contribution in [1.82, 2.24) is 4.98 Å². The van der Waals surface area contributed by atoms with E-state index in [4.69, 9.17) is 5.11 Å². The molecule has 0 bridgehead atoms. The molecule has 0 aliphatic rings. The van der Waals surface area contributed by atoms with E-state index in [1.54, 1.807) is 6.07 Å². The highest BCUT2D eigenvalue weighted by Gasteiger charge is 2.22. The number of rotatable bonds is 4. The van der Waals surface area contributed by atoms with E-state index in [0.29, 0.717) is 18.0 Å². The topological polar surface area (TPSA) is 50.2 Å². The monoisotopic (exact) mass is 207 g/mol. The Labute approximate surface area is 90.2 Å². The molecule has 0 saturated heterocycles. The minimum atomic E-state index is -0.790. The van der Waals surface area contributed by atoms with Crippen molar-refractivity contribution < 1.29 is 9.90 Å². The van der Waals surface area contributed by atoms with Crippen molar-refractivity contribution in [2.75, 3.05) is 0 Å². The van der Waals surface area contributed by atoms with Crippen LogP contribution in [-0.2, 0) is 4.79 Å². The van der Waals surface area contributed by atoms with Gasteiger partial charge in [-0.25, -0.2) is 0 Å². The van der Waals surface area contributed by atoms with Crippen LogP contribution in [0.2, 0.25) is 0 Å². The highest BCUT2D eigenvalue weighted by atomic mass is 16.4. The summed E-state index contributed by atoms with van der Waals surface area (Å²) in [6, 6.07) is 5.51. The Balaban J connectivity index is 2.94. The van der Waals surface area contributed by atoms with E-state index >= 15 is 0 Å². The smallest absolute Gasteiger partial charge is 0.312 e. The maximum atomic E-state index is 11.1. The van der Waals surface area contributed by atoms with Crippen LogP contribution in [0.5, 0.6) is 0 Å². The summed E-state index contributed by atoms with van der Waals surface area (Å²) in [5, 5.41) is 9.13. The van der Waals surface area contributed by atoms with Crippen LogP contribution in [0, 0.1) is 12.8 Å². The summed E-state index contributed by atoms with van der Waals surface area (Å²) >= 11 is 0. The number of aromatic nitrogens is 1. The number of aliphatic carboxylic acids is 1. The molecule has 1 atom stereocenters. The zero-order valence-electron chi connectivity index (χ0n) is 9.40. The molecular formula is C12H17NO2. The van der Waals surface area contributed by atoms with Crippen LogP contribution < -0.4 is 0 Å². The molecule has 0 aliphatic heterocycles. The summed E-state index contributed by atoms with van der Waals surface area (Å²) in [6.45, 7) is 5.91. The van der Waals surface area contributed by atoms with E-state index in [1.165, 1.54) is 0 Å². The maximum absolute atomic E-state index is 11.1. The zero-order valence-corrected chi connectivity index (χ0v) is 9.40. The predicted octanol–water partition coefficient (Wildman–Crippen LogP) is 2.60. The second kappa shape index (κ2) is 4.91. The first-order valence-corrected chi connectivity index (χ1v) is 5.17. The predicted molar refractivity (Wildman–Crippen MR) is 58.8 cm³/mol. The van der Waals surface area contributed by atoms with Crippen molar-refractivity contribution in [2.45, 2.75) is 33.1 Å². The molecule has 0 aromatic carbocycles. The van der Waals surface area contributed by atoms with Gasteiger partial charge in [0.2, 0.25) is 0 Å². The first-order valence-electron chi connectivity index (χ1n) is 5.17. The van der Waals surface area contributed by atoms with E-state index in [-0.39, 0.29) is 0 Å². The maximum Gasteiger partial charge on any atom is 0.312 e. The fraction of sp³-hybridized carbons (Fsp3) is 0.500. The molecule has 1 rings (SSSR count). The van der Waals surface area contributed by atoms with Crippen molar-refractivity contribution in [3.05, 3.63) is 29.6 Å². The largest absolute Gasteiger partial charge is 0.481 e. The molecule has 0 saturated carbocycles. The summed E-state index contributed by atoms with van der Waals surface area (Å²) in [6.07, 6.45) is 0.631. The third-order valence-corrected chi connectivity index (χ3v) is 2.27. The summed E-state index contributed by atoms with van der Waals surface area (Å²) in [7, 11) is 0. The molecule has 1 unspecified atom stereocenters. The van der Waals surface area contributed by atoms with Crippen LogP contribution in [0.1, 0.15) is 37.6 Å². The molecule has 82 valence electrons. The lowest BCUT2D eigenvalue weighted by molar-refractivity contribution is -0.139. The molecule has 0 radical (unpaired) electrons. The Kier molecular flexibility index (Phi) is 3.83. The van der Waals surface area contributed by atoms with Crippen LogP contribution in [0.4, 0.5) is 0 Å². The number of pyridine rings is 1. The van der Waals surface area contributed by atoms with Crippen LogP contribution in [-0.4, -0.2) is 16.1 Å². The highest BCUT2D eigenvalue weighted by Crippen LogP contribution is 2.22. The highest BCUT2D eigenvalue weighted by molar-refractivity contribution is 5.75. The average molecular weight is 207 g/mol. The number of aryl methyl sites for hydroxylation is 1. The average Bonchev–Trinajstić information content (AvgIpc) is 2.13. The van der Waals surface area contributed by atoms with Crippen LogP contribution in [0.15, 0.2) is 18.2 Å². The number of carboxylic acids is 1. The van der Waals surface area contributed by atoms with Gasteiger partial charge < -0.3 is 5.11 Å². The summed E-state index contributed by atoms with van der Waals surface area (Å²) in [5.41, 5.74) is 1.53. The van der Waals surface area contributed by atoms with Gasteiger partial charge in [-0.1, -0.05) is 19.9 Å². The Bertz CT molecular complexity index is 347. The molecule has 1 N–H and O–H groups in total. The molecule has 0 fully saturated rings. The van der Waals surface area contributed by atoms with Crippen molar-refractivity contribution in [3.63, 3.8) is 0 Å². The van der Waals surface area contributed by atoms with Gasteiger partial charge in [0, 0.05) is 5.69 Å². The van der Waals surface area contributed by atoms with Crippen molar-refractivity contribution in [3.8, 4) is 0 Å². The molecular weight excluding hydrogens is 190 g/mol. The Morgan fingerprint density at radius 2 is 2.13 bits per heavy atom. The zero-order chi connectivity index (χ0) is 11.4. The Morgan fingerprint density at radius 1 is 1.47 bits per heavy atom. The first kappa shape index (κ1) is 11.7. The van der Waals surface area contributed by atoms with Crippen molar-refractivity contribution in [2.24, 2.45) is 5.92 Å². The minimum Gasteiger partial charge on any atom is -0.481 e. The molecule has 3 heteroatoms. The van der Waals surface area contributed by atoms with Crippen LogP contribution >= 0.6 is 0 Å². The quantitative estimate of drug-likeness (QED) is 0.825. The number of hydrogen-bond acceptors (Lipinski definition) is 2. The molecule has 0 aliphatic carbocycles. The summed E-state index contributed by atoms with van der Waals surface area (Å²) < 4.78 is 0. The van der Waals surface area contributed by atoms with Gasteiger partial charge in [0.25, 0.3) is 0 Å². The fourth-order valence-corrected chi connectivity index (χ4v) is 1.58. The number of hydrogen-bond donors (Lipinski definition) is 1. The van der Waals surface area contributed by atoms with Gasteiger partial charge in [0.1, 0.15) is 0 Å². The van der Waals surface area contributed by atoms with Gasteiger partial charge in [-0.2, -0.15) is 0 Å². The third-order valence-electron chi connectivity index (χ3n) is 2.27.